The number of carbonyl (C=O) groups is 2. The van der Waals surface area contributed by atoms with E-state index in [1.165, 1.54) is 6.08 Å². The van der Waals surface area contributed by atoms with Crippen molar-refractivity contribution >= 4 is 46.8 Å². The van der Waals surface area contributed by atoms with Crippen LogP contribution in [0.15, 0.2) is 48.5 Å². The van der Waals surface area contributed by atoms with Crippen LogP contribution in [0.3, 0.4) is 0 Å². The van der Waals surface area contributed by atoms with E-state index in [1.54, 1.807) is 48.5 Å². The van der Waals surface area contributed by atoms with Crippen molar-refractivity contribution < 1.29 is 14.3 Å². The number of hydrogen-bond donors (Lipinski definition) is 1. The first kappa shape index (κ1) is 20.0. The summed E-state index contributed by atoms with van der Waals surface area (Å²) in [5.41, 5.74) is 1.59. The minimum absolute atomic E-state index is 0.334. The highest BCUT2D eigenvalue weighted by Gasteiger charge is 2.07. The fourth-order valence-corrected chi connectivity index (χ4v) is 2.62. The summed E-state index contributed by atoms with van der Waals surface area (Å²) in [7, 11) is 0. The van der Waals surface area contributed by atoms with Gasteiger partial charge in [0.1, 0.15) is 0 Å². The molecule has 2 aromatic carbocycles. The highest BCUT2D eigenvalue weighted by Crippen LogP contribution is 2.25. The van der Waals surface area contributed by atoms with Crippen LogP contribution >= 0.6 is 23.2 Å². The molecule has 2 rings (SSSR count). The summed E-state index contributed by atoms with van der Waals surface area (Å²) >= 11 is 12.1. The maximum atomic E-state index is 12.0. The Morgan fingerprint density at radius 2 is 1.73 bits per heavy atom. The van der Waals surface area contributed by atoms with Gasteiger partial charge in [0.25, 0.3) is 0 Å². The monoisotopic (exact) mass is 391 g/mol. The lowest BCUT2D eigenvalue weighted by Crippen LogP contribution is -2.09. The second-order valence-corrected chi connectivity index (χ2v) is 6.34. The van der Waals surface area contributed by atoms with E-state index in [0.717, 1.165) is 12.8 Å². The molecular weight excluding hydrogens is 373 g/mol. The zero-order valence-electron chi connectivity index (χ0n) is 14.3. The predicted octanol–water partition coefficient (Wildman–Crippen LogP) is 5.60. The Bertz CT molecular complexity index is 781. The van der Waals surface area contributed by atoms with Crippen molar-refractivity contribution in [2.45, 2.75) is 19.8 Å². The summed E-state index contributed by atoms with van der Waals surface area (Å²) in [6, 6.07) is 11.6. The first-order valence-electron chi connectivity index (χ1n) is 8.21. The van der Waals surface area contributed by atoms with Gasteiger partial charge in [0.2, 0.25) is 5.91 Å². The third-order valence-corrected chi connectivity index (χ3v) is 4.18. The van der Waals surface area contributed by atoms with Crippen molar-refractivity contribution in [1.82, 2.24) is 0 Å². The Morgan fingerprint density at radius 1 is 1.08 bits per heavy atom. The quantitative estimate of drug-likeness (QED) is 0.379. The molecule has 0 radical (unpaired) electrons. The number of unbranched alkanes of at least 4 members (excludes halogenated alkanes) is 1. The van der Waals surface area contributed by atoms with E-state index in [9.17, 15) is 9.59 Å². The van der Waals surface area contributed by atoms with E-state index in [0.29, 0.717) is 33.5 Å². The number of carbonyl (C=O) groups excluding carboxylic acids is 2. The van der Waals surface area contributed by atoms with E-state index in [4.69, 9.17) is 27.9 Å². The summed E-state index contributed by atoms with van der Waals surface area (Å²) in [6.07, 6.45) is 4.70. The molecule has 2 aromatic rings. The minimum Gasteiger partial charge on any atom is -0.462 e. The zero-order valence-corrected chi connectivity index (χ0v) is 15.8. The van der Waals surface area contributed by atoms with Gasteiger partial charge in [-0.2, -0.15) is 0 Å². The molecule has 0 atom stereocenters. The Balaban J connectivity index is 1.95. The van der Waals surface area contributed by atoms with E-state index in [1.807, 2.05) is 6.92 Å². The second-order valence-electron chi connectivity index (χ2n) is 5.52. The van der Waals surface area contributed by atoms with Crippen LogP contribution in [-0.2, 0) is 9.53 Å². The number of hydrogen-bond acceptors (Lipinski definition) is 3. The smallest absolute Gasteiger partial charge is 0.338 e. The van der Waals surface area contributed by atoms with Crippen LogP contribution in [0.4, 0.5) is 5.69 Å². The van der Waals surface area contributed by atoms with Crippen molar-refractivity contribution in [3.05, 3.63) is 69.7 Å². The van der Waals surface area contributed by atoms with Gasteiger partial charge in [-0.25, -0.2) is 4.79 Å². The maximum absolute atomic E-state index is 12.0. The van der Waals surface area contributed by atoms with Gasteiger partial charge in [-0.1, -0.05) is 42.6 Å². The first-order valence-corrected chi connectivity index (χ1v) is 8.97. The molecule has 0 fully saturated rings. The molecule has 1 N–H and O–H groups in total. The number of halogens is 2. The number of anilines is 1. The maximum Gasteiger partial charge on any atom is 0.338 e. The largest absolute Gasteiger partial charge is 0.462 e. The average molecular weight is 392 g/mol. The summed E-state index contributed by atoms with van der Waals surface area (Å²) < 4.78 is 5.14. The molecule has 0 saturated heterocycles. The number of benzene rings is 2. The third-order valence-electron chi connectivity index (χ3n) is 3.52. The number of ether oxygens (including phenoxy) is 1. The molecule has 0 spiro atoms. The van der Waals surface area contributed by atoms with Gasteiger partial charge in [-0.3, -0.25) is 4.79 Å². The molecule has 0 aliphatic rings. The predicted molar refractivity (Wildman–Crippen MR) is 106 cm³/mol. The third kappa shape index (κ3) is 5.90. The van der Waals surface area contributed by atoms with Gasteiger partial charge in [-0.15, -0.1) is 0 Å². The Kier molecular flexibility index (Phi) is 7.70. The molecule has 4 nitrogen and oxygen atoms in total. The van der Waals surface area contributed by atoms with Gasteiger partial charge < -0.3 is 10.1 Å². The molecule has 0 aliphatic carbocycles. The summed E-state index contributed by atoms with van der Waals surface area (Å²) in [5.74, 6) is -0.705. The van der Waals surface area contributed by atoms with E-state index < -0.39 is 0 Å². The lowest BCUT2D eigenvalue weighted by Gasteiger charge is -2.06. The Labute approximate surface area is 162 Å². The van der Waals surface area contributed by atoms with Crippen LogP contribution in [0.5, 0.6) is 0 Å². The molecule has 1 amide bonds. The van der Waals surface area contributed by atoms with Gasteiger partial charge in [0, 0.05) is 27.4 Å². The molecule has 0 saturated carbocycles. The molecular formula is C20H19Cl2NO3. The standard InChI is InChI=1S/C20H19Cl2NO3/c1-2-3-13-26-20(25)14-7-9-15(10-8-14)23-19(24)12-11-16-17(21)5-4-6-18(16)22/h4-12H,2-3,13H2,1H3,(H,23,24). The van der Waals surface area contributed by atoms with Crippen LogP contribution in [0.1, 0.15) is 35.7 Å². The highest BCUT2D eigenvalue weighted by molar-refractivity contribution is 6.37. The molecule has 6 heteroatoms. The number of nitrogens with one attached hydrogen (secondary N) is 1. The topological polar surface area (TPSA) is 55.4 Å². The number of amides is 1. The molecule has 136 valence electrons. The lowest BCUT2D eigenvalue weighted by molar-refractivity contribution is -0.111. The number of rotatable bonds is 7. The van der Waals surface area contributed by atoms with Crippen LogP contribution in [0.25, 0.3) is 6.08 Å². The molecule has 0 bridgehead atoms. The summed E-state index contributed by atoms with van der Waals surface area (Å²) in [4.78, 5) is 23.9. The molecule has 0 unspecified atom stereocenters. The first-order chi connectivity index (χ1) is 12.5. The van der Waals surface area contributed by atoms with Crippen molar-refractivity contribution in [3.8, 4) is 0 Å². The van der Waals surface area contributed by atoms with Crippen molar-refractivity contribution in [3.63, 3.8) is 0 Å². The average Bonchev–Trinajstić information content (AvgIpc) is 2.62. The molecule has 0 heterocycles. The lowest BCUT2D eigenvalue weighted by atomic mass is 10.2. The summed E-state index contributed by atoms with van der Waals surface area (Å²) in [6.45, 7) is 2.43. The van der Waals surface area contributed by atoms with Crippen molar-refractivity contribution in [1.29, 1.82) is 0 Å². The molecule has 0 aliphatic heterocycles. The van der Waals surface area contributed by atoms with Gasteiger partial charge in [-0.05, 0) is 48.9 Å². The second kappa shape index (κ2) is 10.00. The van der Waals surface area contributed by atoms with E-state index in [2.05, 4.69) is 5.32 Å². The van der Waals surface area contributed by atoms with Crippen LogP contribution < -0.4 is 5.32 Å². The molecule has 26 heavy (non-hydrogen) atoms. The van der Waals surface area contributed by atoms with Crippen molar-refractivity contribution in [2.24, 2.45) is 0 Å². The van der Waals surface area contributed by atoms with Gasteiger partial charge >= 0.3 is 5.97 Å². The van der Waals surface area contributed by atoms with E-state index in [-0.39, 0.29) is 11.9 Å². The van der Waals surface area contributed by atoms with Crippen LogP contribution in [0, 0.1) is 0 Å². The fraction of sp³-hybridized carbons (Fsp3) is 0.200. The fourth-order valence-electron chi connectivity index (χ4n) is 2.10. The minimum atomic E-state index is -0.371. The SMILES string of the molecule is CCCCOC(=O)c1ccc(NC(=O)C=Cc2c(Cl)cccc2Cl)cc1. The van der Waals surface area contributed by atoms with E-state index >= 15 is 0 Å². The molecule has 0 aromatic heterocycles. The summed E-state index contributed by atoms with van der Waals surface area (Å²) in [5, 5.41) is 3.64. The van der Waals surface area contributed by atoms with Crippen LogP contribution in [0.2, 0.25) is 10.0 Å². The normalized spacial score (nSPS) is 10.7. The van der Waals surface area contributed by atoms with Crippen molar-refractivity contribution in [2.75, 3.05) is 11.9 Å². The Morgan fingerprint density at radius 3 is 2.35 bits per heavy atom. The highest BCUT2D eigenvalue weighted by atomic mass is 35.5. The van der Waals surface area contributed by atoms with Gasteiger partial charge in [0.15, 0.2) is 0 Å². The Hall–Kier alpha value is -2.30. The number of esters is 1. The van der Waals surface area contributed by atoms with Gasteiger partial charge in [0.05, 0.1) is 12.2 Å². The van der Waals surface area contributed by atoms with Crippen LogP contribution in [-0.4, -0.2) is 18.5 Å². The zero-order chi connectivity index (χ0) is 18.9.